The summed E-state index contributed by atoms with van der Waals surface area (Å²) in [6, 6.07) is 19.2. The van der Waals surface area contributed by atoms with Crippen molar-refractivity contribution in [1.82, 2.24) is 5.43 Å². The Balaban J connectivity index is 1.54. The molecule has 0 aromatic heterocycles. The minimum absolute atomic E-state index is 0.0367. The highest BCUT2D eigenvalue weighted by molar-refractivity contribution is 6.02. The van der Waals surface area contributed by atoms with Crippen molar-refractivity contribution < 1.29 is 9.90 Å². The Kier molecular flexibility index (Phi) is 3.94. The highest BCUT2D eigenvalue weighted by Gasteiger charge is 2.15. The summed E-state index contributed by atoms with van der Waals surface area (Å²) in [6.07, 6.45) is 2.52. The van der Waals surface area contributed by atoms with Crippen LogP contribution in [0.25, 0.3) is 10.8 Å². The summed E-state index contributed by atoms with van der Waals surface area (Å²) in [7, 11) is 0. The molecule has 124 valence electrons. The minimum atomic E-state index is -0.394. The average Bonchev–Trinajstić information content (AvgIpc) is 2.65. The molecule has 0 aliphatic heterocycles. The van der Waals surface area contributed by atoms with E-state index >= 15 is 0 Å². The summed E-state index contributed by atoms with van der Waals surface area (Å²) in [5.74, 6) is -0.431. The van der Waals surface area contributed by atoms with Crippen LogP contribution in [0, 0.1) is 0 Å². The molecule has 4 nitrogen and oxygen atoms in total. The van der Waals surface area contributed by atoms with E-state index < -0.39 is 5.91 Å². The summed E-state index contributed by atoms with van der Waals surface area (Å²) in [5, 5.41) is 16.2. The van der Waals surface area contributed by atoms with Gasteiger partial charge in [-0.3, -0.25) is 4.79 Å². The molecule has 0 atom stereocenters. The van der Waals surface area contributed by atoms with E-state index in [0.29, 0.717) is 0 Å². The van der Waals surface area contributed by atoms with E-state index in [-0.39, 0.29) is 11.3 Å². The fourth-order valence-corrected chi connectivity index (χ4v) is 3.26. The predicted octanol–water partition coefficient (Wildman–Crippen LogP) is 3.82. The molecule has 25 heavy (non-hydrogen) atoms. The molecular formula is C21H18N2O2. The maximum absolute atomic E-state index is 12.4. The zero-order valence-electron chi connectivity index (χ0n) is 13.7. The van der Waals surface area contributed by atoms with E-state index in [0.717, 1.165) is 35.7 Å². The second-order valence-corrected chi connectivity index (χ2v) is 6.28. The first-order valence-corrected chi connectivity index (χ1v) is 8.35. The molecule has 0 bridgehead atoms. The summed E-state index contributed by atoms with van der Waals surface area (Å²) in [6.45, 7) is 0. The SMILES string of the molecule is O=C(N/N=C1/CCc2ccccc2C1)c1cc2ccccc2cc1O. The van der Waals surface area contributed by atoms with E-state index in [4.69, 9.17) is 0 Å². The third-order valence-corrected chi connectivity index (χ3v) is 4.62. The predicted molar refractivity (Wildman–Crippen MR) is 99.0 cm³/mol. The van der Waals surface area contributed by atoms with Crippen LogP contribution in [0.15, 0.2) is 65.8 Å². The topological polar surface area (TPSA) is 61.7 Å². The molecule has 4 rings (SSSR count). The number of nitrogens with zero attached hydrogens (tertiary/aromatic N) is 1. The molecule has 1 aliphatic carbocycles. The van der Waals surface area contributed by atoms with Crippen molar-refractivity contribution >= 4 is 22.4 Å². The lowest BCUT2D eigenvalue weighted by atomic mass is 9.90. The number of phenolic OH excluding ortho intramolecular Hbond substituents is 1. The monoisotopic (exact) mass is 330 g/mol. The molecule has 0 radical (unpaired) electrons. The zero-order chi connectivity index (χ0) is 17.2. The lowest BCUT2D eigenvalue weighted by molar-refractivity contribution is 0.0952. The third kappa shape index (κ3) is 3.11. The number of hydrogen-bond acceptors (Lipinski definition) is 3. The quantitative estimate of drug-likeness (QED) is 0.702. The van der Waals surface area contributed by atoms with Crippen LogP contribution in [-0.4, -0.2) is 16.7 Å². The molecule has 1 amide bonds. The highest BCUT2D eigenvalue weighted by Crippen LogP contribution is 2.25. The van der Waals surface area contributed by atoms with Crippen LogP contribution >= 0.6 is 0 Å². The van der Waals surface area contributed by atoms with Crippen LogP contribution in [-0.2, 0) is 12.8 Å². The normalized spacial score (nSPS) is 15.1. The number of fused-ring (bicyclic) bond motifs is 2. The van der Waals surface area contributed by atoms with Crippen molar-refractivity contribution in [2.75, 3.05) is 0 Å². The molecular weight excluding hydrogens is 312 g/mol. The standard InChI is InChI=1S/C21H18N2O2/c24-20-13-17-8-4-3-7-16(17)12-19(20)21(25)23-22-18-10-9-14-5-1-2-6-15(14)11-18/h1-8,12-13,24H,9-11H2,(H,23,25)/b22-18-. The van der Waals surface area contributed by atoms with Gasteiger partial charge in [-0.2, -0.15) is 5.10 Å². The van der Waals surface area contributed by atoms with Gasteiger partial charge in [0.15, 0.2) is 0 Å². The van der Waals surface area contributed by atoms with Gasteiger partial charge in [0.05, 0.1) is 5.56 Å². The van der Waals surface area contributed by atoms with Gasteiger partial charge < -0.3 is 5.11 Å². The molecule has 0 heterocycles. The molecule has 2 N–H and O–H groups in total. The molecule has 0 unspecified atom stereocenters. The number of phenols is 1. The van der Waals surface area contributed by atoms with Crippen LogP contribution < -0.4 is 5.43 Å². The van der Waals surface area contributed by atoms with Crippen LogP contribution in [0.5, 0.6) is 5.75 Å². The van der Waals surface area contributed by atoms with Crippen molar-refractivity contribution in [3.63, 3.8) is 0 Å². The van der Waals surface area contributed by atoms with E-state index in [2.05, 4.69) is 22.7 Å². The number of benzene rings is 3. The van der Waals surface area contributed by atoms with Gasteiger partial charge in [0.25, 0.3) is 5.91 Å². The minimum Gasteiger partial charge on any atom is -0.507 e. The first kappa shape index (κ1) is 15.4. The third-order valence-electron chi connectivity index (χ3n) is 4.62. The van der Waals surface area contributed by atoms with Crippen molar-refractivity contribution in [2.45, 2.75) is 19.3 Å². The van der Waals surface area contributed by atoms with Crippen molar-refractivity contribution in [3.05, 3.63) is 77.4 Å². The number of nitrogens with one attached hydrogen (secondary N) is 1. The Labute approximate surface area is 145 Å². The van der Waals surface area contributed by atoms with E-state index in [9.17, 15) is 9.90 Å². The molecule has 0 fully saturated rings. The summed E-state index contributed by atoms with van der Waals surface area (Å²) in [4.78, 5) is 12.4. The van der Waals surface area contributed by atoms with Gasteiger partial charge in [0.1, 0.15) is 5.75 Å². The number of carbonyl (C=O) groups is 1. The first-order chi connectivity index (χ1) is 12.2. The van der Waals surface area contributed by atoms with Gasteiger partial charge >= 0.3 is 0 Å². The number of amides is 1. The Bertz CT molecular complexity index is 992. The lowest BCUT2D eigenvalue weighted by Crippen LogP contribution is -2.22. The number of aryl methyl sites for hydroxylation is 1. The van der Waals surface area contributed by atoms with Gasteiger partial charge in [-0.15, -0.1) is 0 Å². The maximum Gasteiger partial charge on any atom is 0.275 e. The van der Waals surface area contributed by atoms with Gasteiger partial charge in [-0.05, 0) is 46.9 Å². The van der Waals surface area contributed by atoms with Gasteiger partial charge in [-0.1, -0.05) is 48.5 Å². The maximum atomic E-state index is 12.4. The van der Waals surface area contributed by atoms with Gasteiger partial charge in [0.2, 0.25) is 0 Å². The second-order valence-electron chi connectivity index (χ2n) is 6.28. The Morgan fingerprint density at radius 2 is 1.60 bits per heavy atom. The number of carbonyl (C=O) groups excluding carboxylic acids is 1. The van der Waals surface area contributed by atoms with E-state index in [1.165, 1.54) is 11.1 Å². The van der Waals surface area contributed by atoms with Crippen molar-refractivity contribution in [3.8, 4) is 5.75 Å². The van der Waals surface area contributed by atoms with E-state index in [1.54, 1.807) is 12.1 Å². The Hall–Kier alpha value is -3.14. The first-order valence-electron chi connectivity index (χ1n) is 8.35. The van der Waals surface area contributed by atoms with Crippen LogP contribution in [0.4, 0.5) is 0 Å². The molecule has 0 spiro atoms. The molecule has 0 saturated carbocycles. The molecule has 3 aromatic carbocycles. The van der Waals surface area contributed by atoms with Crippen LogP contribution in [0.2, 0.25) is 0 Å². The largest absolute Gasteiger partial charge is 0.507 e. The van der Waals surface area contributed by atoms with Crippen LogP contribution in [0.1, 0.15) is 27.9 Å². The summed E-state index contributed by atoms with van der Waals surface area (Å²) < 4.78 is 0. The molecule has 1 aliphatic rings. The second kappa shape index (κ2) is 6.40. The average molecular weight is 330 g/mol. The fourth-order valence-electron chi connectivity index (χ4n) is 3.26. The Morgan fingerprint density at radius 1 is 0.920 bits per heavy atom. The number of hydrogen-bond donors (Lipinski definition) is 2. The number of aromatic hydroxyl groups is 1. The summed E-state index contributed by atoms with van der Waals surface area (Å²) in [5.41, 5.74) is 6.39. The van der Waals surface area contributed by atoms with Gasteiger partial charge in [-0.25, -0.2) is 5.43 Å². The van der Waals surface area contributed by atoms with Gasteiger partial charge in [0, 0.05) is 12.1 Å². The van der Waals surface area contributed by atoms with Crippen molar-refractivity contribution in [1.29, 1.82) is 0 Å². The zero-order valence-corrected chi connectivity index (χ0v) is 13.7. The number of hydrazone groups is 1. The van der Waals surface area contributed by atoms with E-state index in [1.807, 2.05) is 36.4 Å². The van der Waals surface area contributed by atoms with Crippen molar-refractivity contribution in [2.24, 2.45) is 5.10 Å². The molecule has 4 heteroatoms. The highest BCUT2D eigenvalue weighted by atomic mass is 16.3. The molecule has 0 saturated heterocycles. The fraction of sp³-hybridized carbons (Fsp3) is 0.143. The van der Waals surface area contributed by atoms with Crippen LogP contribution in [0.3, 0.4) is 0 Å². The lowest BCUT2D eigenvalue weighted by Gasteiger charge is -2.17. The smallest absolute Gasteiger partial charge is 0.275 e. The Morgan fingerprint density at radius 3 is 2.40 bits per heavy atom. The number of rotatable bonds is 2. The molecule has 3 aromatic rings. The summed E-state index contributed by atoms with van der Waals surface area (Å²) >= 11 is 0.